The van der Waals surface area contributed by atoms with E-state index in [2.05, 4.69) is 5.32 Å². The highest BCUT2D eigenvalue weighted by molar-refractivity contribution is 8.00. The minimum atomic E-state index is -4.44. The molecule has 116 valence electrons. The lowest BCUT2D eigenvalue weighted by Gasteiger charge is -2.11. The number of carbonyl (C=O) groups excluding carboxylic acids is 1. The lowest BCUT2D eigenvalue weighted by molar-refractivity contribution is -0.0328. The number of amides is 1. The van der Waals surface area contributed by atoms with E-state index in [1.165, 1.54) is 24.3 Å². The van der Waals surface area contributed by atoms with Crippen molar-refractivity contribution in [1.82, 2.24) is 5.32 Å². The van der Waals surface area contributed by atoms with Crippen molar-refractivity contribution in [2.45, 2.75) is 16.9 Å². The zero-order valence-corrected chi connectivity index (χ0v) is 12.7. The highest BCUT2D eigenvalue weighted by Crippen LogP contribution is 2.38. The number of halogens is 4. The van der Waals surface area contributed by atoms with E-state index in [1.807, 2.05) is 0 Å². The predicted octanol–water partition coefficient (Wildman–Crippen LogP) is 4.88. The van der Waals surface area contributed by atoms with Gasteiger partial charge in [0, 0.05) is 16.5 Å². The maximum Gasteiger partial charge on any atom is 0.446 e. The van der Waals surface area contributed by atoms with Gasteiger partial charge in [0.15, 0.2) is 0 Å². The molecule has 1 amide bonds. The van der Waals surface area contributed by atoms with Gasteiger partial charge in [-0.05, 0) is 41.6 Å². The highest BCUT2D eigenvalue weighted by atomic mass is 35.5. The molecule has 0 saturated heterocycles. The molecule has 2 aromatic rings. The van der Waals surface area contributed by atoms with Crippen LogP contribution < -0.4 is 5.32 Å². The first-order valence-electron chi connectivity index (χ1n) is 6.22. The molecule has 0 fully saturated rings. The number of alkyl halides is 3. The Bertz CT molecular complexity index is 676. The van der Waals surface area contributed by atoms with E-state index in [9.17, 15) is 18.0 Å². The molecule has 0 spiro atoms. The van der Waals surface area contributed by atoms with Gasteiger partial charge in [-0.25, -0.2) is 0 Å². The summed E-state index contributed by atoms with van der Waals surface area (Å²) in [6, 6.07) is 12.5. The van der Waals surface area contributed by atoms with Crippen molar-refractivity contribution in [3.63, 3.8) is 0 Å². The van der Waals surface area contributed by atoms with Crippen molar-refractivity contribution in [3.05, 3.63) is 64.7 Å². The largest absolute Gasteiger partial charge is 0.446 e. The second-order valence-corrected chi connectivity index (χ2v) is 5.90. The predicted molar refractivity (Wildman–Crippen MR) is 81.0 cm³/mol. The minimum absolute atomic E-state index is 0.00754. The SMILES string of the molecule is O=C(NCc1cccc(Cl)c1)c1ccccc1SC(F)(F)F. The molecular formula is C15H11ClF3NOS. The first-order chi connectivity index (χ1) is 10.3. The Hall–Kier alpha value is -1.66. The maximum atomic E-state index is 12.5. The Kier molecular flexibility index (Phi) is 5.37. The third kappa shape index (κ3) is 4.96. The number of rotatable bonds is 4. The lowest BCUT2D eigenvalue weighted by atomic mass is 10.2. The van der Waals surface area contributed by atoms with Gasteiger partial charge < -0.3 is 5.32 Å². The summed E-state index contributed by atoms with van der Waals surface area (Å²) >= 11 is 5.53. The summed E-state index contributed by atoms with van der Waals surface area (Å²) in [5, 5.41) is 3.12. The van der Waals surface area contributed by atoms with Crippen LogP contribution in [0.3, 0.4) is 0 Å². The fourth-order valence-electron chi connectivity index (χ4n) is 1.79. The van der Waals surface area contributed by atoms with Crippen molar-refractivity contribution >= 4 is 29.3 Å². The highest BCUT2D eigenvalue weighted by Gasteiger charge is 2.31. The van der Waals surface area contributed by atoms with Gasteiger partial charge in [0.1, 0.15) is 0 Å². The first-order valence-corrected chi connectivity index (χ1v) is 7.42. The molecule has 7 heteroatoms. The van der Waals surface area contributed by atoms with E-state index in [0.717, 1.165) is 5.56 Å². The van der Waals surface area contributed by atoms with Crippen LogP contribution in [0.5, 0.6) is 0 Å². The smallest absolute Gasteiger partial charge is 0.348 e. The van der Waals surface area contributed by atoms with Crippen molar-refractivity contribution in [1.29, 1.82) is 0 Å². The quantitative estimate of drug-likeness (QED) is 0.800. The molecule has 0 atom stereocenters. The number of hydrogen-bond acceptors (Lipinski definition) is 2. The maximum absolute atomic E-state index is 12.5. The van der Waals surface area contributed by atoms with Gasteiger partial charge in [-0.2, -0.15) is 13.2 Å². The van der Waals surface area contributed by atoms with Gasteiger partial charge in [0.25, 0.3) is 5.91 Å². The summed E-state index contributed by atoms with van der Waals surface area (Å²) in [5.41, 5.74) is -3.68. The molecule has 1 N–H and O–H groups in total. The molecular weight excluding hydrogens is 335 g/mol. The van der Waals surface area contributed by atoms with Gasteiger partial charge in [-0.3, -0.25) is 4.79 Å². The summed E-state index contributed by atoms with van der Waals surface area (Å²) in [5.74, 6) is -0.563. The second-order valence-electron chi connectivity index (χ2n) is 4.36. The number of carbonyl (C=O) groups is 1. The number of nitrogens with one attached hydrogen (secondary N) is 1. The first kappa shape index (κ1) is 16.7. The summed E-state index contributed by atoms with van der Waals surface area (Å²) < 4.78 is 37.5. The average molecular weight is 346 g/mol. The molecule has 0 aromatic heterocycles. The van der Waals surface area contributed by atoms with Crippen LogP contribution in [0.4, 0.5) is 13.2 Å². The Morgan fingerprint density at radius 3 is 2.55 bits per heavy atom. The molecule has 2 rings (SSSR count). The number of thioether (sulfide) groups is 1. The summed E-state index contributed by atoms with van der Waals surface area (Å²) in [6.07, 6.45) is 0. The van der Waals surface area contributed by atoms with Crippen LogP contribution in [-0.4, -0.2) is 11.4 Å². The molecule has 0 aliphatic heterocycles. The Labute approximate surface area is 134 Å². The van der Waals surface area contributed by atoms with E-state index in [1.54, 1.807) is 24.3 Å². The summed E-state index contributed by atoms with van der Waals surface area (Å²) in [7, 11) is 0. The molecule has 2 aromatic carbocycles. The molecule has 0 bridgehead atoms. The Morgan fingerprint density at radius 2 is 1.86 bits per heavy atom. The van der Waals surface area contributed by atoms with Crippen LogP contribution in [0.1, 0.15) is 15.9 Å². The molecule has 2 nitrogen and oxygen atoms in total. The van der Waals surface area contributed by atoms with Crippen LogP contribution in [0, 0.1) is 0 Å². The van der Waals surface area contributed by atoms with E-state index in [0.29, 0.717) is 5.02 Å². The number of hydrogen-bond donors (Lipinski definition) is 1. The average Bonchev–Trinajstić information content (AvgIpc) is 2.44. The van der Waals surface area contributed by atoms with Crippen molar-refractivity contribution in [2.75, 3.05) is 0 Å². The van der Waals surface area contributed by atoms with Gasteiger partial charge in [-0.1, -0.05) is 35.9 Å². The fourth-order valence-corrected chi connectivity index (χ4v) is 2.67. The van der Waals surface area contributed by atoms with E-state index < -0.39 is 11.4 Å². The molecule has 0 unspecified atom stereocenters. The Morgan fingerprint density at radius 1 is 1.14 bits per heavy atom. The van der Waals surface area contributed by atoms with Crippen LogP contribution in [0.25, 0.3) is 0 Å². The van der Waals surface area contributed by atoms with Gasteiger partial charge in [0.05, 0.1) is 5.56 Å². The standard InChI is InChI=1S/C15H11ClF3NOS/c16-11-5-3-4-10(8-11)9-20-14(21)12-6-1-2-7-13(12)22-15(17,18)19/h1-8H,9H2,(H,20,21). The third-order valence-electron chi connectivity index (χ3n) is 2.70. The zero-order chi connectivity index (χ0) is 16.2. The minimum Gasteiger partial charge on any atom is -0.348 e. The molecule has 0 heterocycles. The van der Waals surface area contributed by atoms with Gasteiger partial charge in [-0.15, -0.1) is 0 Å². The normalized spacial score (nSPS) is 11.3. The van der Waals surface area contributed by atoms with E-state index in [4.69, 9.17) is 11.6 Å². The van der Waals surface area contributed by atoms with E-state index in [-0.39, 0.29) is 28.8 Å². The van der Waals surface area contributed by atoms with Crippen LogP contribution in [0.2, 0.25) is 5.02 Å². The number of benzene rings is 2. The summed E-state index contributed by atoms with van der Waals surface area (Å²) in [4.78, 5) is 12.0. The molecule has 0 aliphatic carbocycles. The van der Waals surface area contributed by atoms with Crippen molar-refractivity contribution in [2.24, 2.45) is 0 Å². The monoisotopic (exact) mass is 345 g/mol. The van der Waals surface area contributed by atoms with Crippen molar-refractivity contribution < 1.29 is 18.0 Å². The Balaban J connectivity index is 2.09. The van der Waals surface area contributed by atoms with Crippen LogP contribution in [0.15, 0.2) is 53.4 Å². The zero-order valence-electron chi connectivity index (χ0n) is 11.2. The molecule has 0 saturated carbocycles. The topological polar surface area (TPSA) is 29.1 Å². The van der Waals surface area contributed by atoms with Crippen molar-refractivity contribution in [3.8, 4) is 0 Å². The van der Waals surface area contributed by atoms with E-state index >= 15 is 0 Å². The van der Waals surface area contributed by atoms with Gasteiger partial charge >= 0.3 is 5.51 Å². The third-order valence-corrected chi connectivity index (χ3v) is 3.74. The molecule has 0 radical (unpaired) electrons. The van der Waals surface area contributed by atoms with Crippen LogP contribution in [-0.2, 0) is 6.54 Å². The molecule has 0 aliphatic rings. The fraction of sp³-hybridized carbons (Fsp3) is 0.133. The second kappa shape index (κ2) is 7.07. The van der Waals surface area contributed by atoms with Gasteiger partial charge in [0.2, 0.25) is 0 Å². The summed E-state index contributed by atoms with van der Waals surface area (Å²) in [6.45, 7) is 0.185. The lowest BCUT2D eigenvalue weighted by Crippen LogP contribution is -2.23. The van der Waals surface area contributed by atoms with Crippen LogP contribution >= 0.6 is 23.4 Å². The molecule has 22 heavy (non-hydrogen) atoms.